The van der Waals surface area contributed by atoms with Gasteiger partial charge < -0.3 is 14.9 Å². The first-order valence-electron chi connectivity index (χ1n) is 8.47. The summed E-state index contributed by atoms with van der Waals surface area (Å²) in [7, 11) is -0.745. The minimum absolute atomic E-state index is 0.0985. The molecule has 0 bridgehead atoms. The minimum atomic E-state index is -3.64. The predicted octanol–water partition coefficient (Wildman–Crippen LogP) is 2.82. The Labute approximate surface area is 165 Å². The smallest absolute Gasteiger partial charge is 0.260 e. The quantitative estimate of drug-likeness (QED) is 0.638. The van der Waals surface area contributed by atoms with Crippen LogP contribution >= 0.6 is 12.2 Å². The third-order valence-corrected chi connectivity index (χ3v) is 6.81. The van der Waals surface area contributed by atoms with Gasteiger partial charge in [0, 0.05) is 26.3 Å². The van der Waals surface area contributed by atoms with E-state index in [1.165, 1.54) is 37.2 Å². The summed E-state index contributed by atoms with van der Waals surface area (Å²) in [5.41, 5.74) is 2.33. The van der Waals surface area contributed by atoms with E-state index in [0.29, 0.717) is 29.7 Å². The number of aromatic nitrogens is 2. The first-order valence-corrected chi connectivity index (χ1v) is 10.3. The molecule has 1 aliphatic rings. The van der Waals surface area contributed by atoms with Gasteiger partial charge in [-0.15, -0.1) is 0 Å². The SMILES string of the molecule is CN(C)S(=O)(=O)c1ccc2c(c1)N(C(=O)c1cc(F)cc3[nH]c(=S)[nH]c13)CC2. The summed E-state index contributed by atoms with van der Waals surface area (Å²) < 4.78 is 40.3. The van der Waals surface area contributed by atoms with Crippen LogP contribution in [-0.4, -0.2) is 49.2 Å². The molecule has 0 saturated carbocycles. The number of carbonyl (C=O) groups excluding carboxylic acids is 1. The molecule has 1 aromatic heterocycles. The van der Waals surface area contributed by atoms with Crippen molar-refractivity contribution >= 4 is 44.9 Å². The lowest BCUT2D eigenvalue weighted by Crippen LogP contribution is -2.29. The Morgan fingerprint density at radius 1 is 1.21 bits per heavy atom. The van der Waals surface area contributed by atoms with Crippen molar-refractivity contribution in [2.45, 2.75) is 11.3 Å². The number of nitrogens with zero attached hydrogens (tertiary/aromatic N) is 2. The summed E-state index contributed by atoms with van der Waals surface area (Å²) in [6.07, 6.45) is 0.588. The molecule has 0 radical (unpaired) electrons. The van der Waals surface area contributed by atoms with Gasteiger partial charge in [-0.3, -0.25) is 4.79 Å². The maximum Gasteiger partial charge on any atom is 0.260 e. The van der Waals surface area contributed by atoms with Crippen molar-refractivity contribution in [3.05, 3.63) is 52.0 Å². The van der Waals surface area contributed by atoms with Gasteiger partial charge in [-0.25, -0.2) is 17.1 Å². The first kappa shape index (κ1) is 18.8. The molecule has 2 N–H and O–H groups in total. The van der Waals surface area contributed by atoms with Gasteiger partial charge in [-0.2, -0.15) is 0 Å². The summed E-state index contributed by atoms with van der Waals surface area (Å²) in [5.74, 6) is -0.989. The summed E-state index contributed by atoms with van der Waals surface area (Å²) in [6.45, 7) is 0.378. The van der Waals surface area contributed by atoms with Crippen LogP contribution < -0.4 is 4.90 Å². The second-order valence-electron chi connectivity index (χ2n) is 6.74. The molecular weight excluding hydrogens is 403 g/mol. The van der Waals surface area contributed by atoms with Gasteiger partial charge in [0.05, 0.1) is 21.5 Å². The van der Waals surface area contributed by atoms with E-state index in [-0.39, 0.29) is 15.2 Å². The molecule has 2 heterocycles. The number of carbonyl (C=O) groups is 1. The van der Waals surface area contributed by atoms with Crippen LogP contribution in [0.15, 0.2) is 35.2 Å². The Balaban J connectivity index is 1.82. The molecule has 0 atom stereocenters. The van der Waals surface area contributed by atoms with Gasteiger partial charge in [0.1, 0.15) is 5.82 Å². The third kappa shape index (κ3) is 2.93. The summed E-state index contributed by atoms with van der Waals surface area (Å²) in [5, 5.41) is 0. The van der Waals surface area contributed by atoms with Crippen LogP contribution in [0, 0.1) is 10.6 Å². The number of rotatable bonds is 3. The van der Waals surface area contributed by atoms with E-state index in [2.05, 4.69) is 9.97 Å². The molecule has 0 aliphatic carbocycles. The fourth-order valence-electron chi connectivity index (χ4n) is 3.36. The molecule has 4 rings (SSSR count). The molecule has 28 heavy (non-hydrogen) atoms. The number of hydrogen-bond donors (Lipinski definition) is 2. The van der Waals surface area contributed by atoms with E-state index in [9.17, 15) is 17.6 Å². The van der Waals surface area contributed by atoms with Crippen LogP contribution in [0.5, 0.6) is 0 Å². The van der Waals surface area contributed by atoms with Gasteiger partial charge in [0.2, 0.25) is 10.0 Å². The van der Waals surface area contributed by atoms with Crippen molar-refractivity contribution in [1.29, 1.82) is 0 Å². The van der Waals surface area contributed by atoms with E-state index < -0.39 is 21.7 Å². The molecular formula is C18H17FN4O3S2. The van der Waals surface area contributed by atoms with Gasteiger partial charge in [0.15, 0.2) is 4.77 Å². The average molecular weight is 420 g/mol. The molecule has 10 heteroatoms. The number of halogens is 1. The molecule has 0 unspecified atom stereocenters. The lowest BCUT2D eigenvalue weighted by Gasteiger charge is -2.19. The highest BCUT2D eigenvalue weighted by Crippen LogP contribution is 2.33. The third-order valence-electron chi connectivity index (χ3n) is 4.80. The Morgan fingerprint density at radius 3 is 2.68 bits per heavy atom. The Morgan fingerprint density at radius 2 is 1.96 bits per heavy atom. The molecule has 0 fully saturated rings. The summed E-state index contributed by atoms with van der Waals surface area (Å²) in [4.78, 5) is 20.5. The second-order valence-corrected chi connectivity index (χ2v) is 9.30. The highest BCUT2D eigenvalue weighted by molar-refractivity contribution is 7.89. The lowest BCUT2D eigenvalue weighted by atomic mass is 10.1. The zero-order valence-corrected chi connectivity index (χ0v) is 16.7. The van der Waals surface area contributed by atoms with Crippen LogP contribution in [0.1, 0.15) is 15.9 Å². The van der Waals surface area contributed by atoms with Crippen LogP contribution in [0.3, 0.4) is 0 Å². The predicted molar refractivity (Wildman–Crippen MR) is 106 cm³/mol. The van der Waals surface area contributed by atoms with E-state index >= 15 is 0 Å². The highest BCUT2D eigenvalue weighted by Gasteiger charge is 2.29. The van der Waals surface area contributed by atoms with Crippen LogP contribution in [0.25, 0.3) is 11.0 Å². The maximum atomic E-state index is 14.0. The summed E-state index contributed by atoms with van der Waals surface area (Å²) >= 11 is 5.05. The molecule has 146 valence electrons. The average Bonchev–Trinajstić information content (AvgIpc) is 3.22. The highest BCUT2D eigenvalue weighted by atomic mass is 32.2. The normalized spacial score (nSPS) is 14.1. The summed E-state index contributed by atoms with van der Waals surface area (Å²) in [6, 6.07) is 7.15. The Kier molecular flexibility index (Phi) is 4.36. The Bertz CT molecular complexity index is 1280. The standard InChI is InChI=1S/C18H17FN4O3S2/c1-22(2)28(25,26)12-4-3-10-5-6-23(15(10)9-12)17(24)13-7-11(19)8-14-16(13)21-18(27)20-14/h3-4,7-9H,5-6H2,1-2H3,(H2,20,21,27). The van der Waals surface area contributed by atoms with Crippen molar-refractivity contribution in [2.75, 3.05) is 25.5 Å². The molecule has 1 aliphatic heterocycles. The van der Waals surface area contributed by atoms with E-state index in [1.807, 2.05) is 0 Å². The Hall–Kier alpha value is -2.56. The topological polar surface area (TPSA) is 89.3 Å². The molecule has 2 aromatic carbocycles. The second kappa shape index (κ2) is 6.50. The number of H-pyrrole nitrogens is 2. The van der Waals surface area contributed by atoms with Crippen molar-refractivity contribution < 1.29 is 17.6 Å². The van der Waals surface area contributed by atoms with Gasteiger partial charge >= 0.3 is 0 Å². The number of hydrogen-bond acceptors (Lipinski definition) is 4. The fraction of sp³-hybridized carbons (Fsp3) is 0.222. The van der Waals surface area contributed by atoms with Gasteiger partial charge in [-0.1, -0.05) is 6.07 Å². The van der Waals surface area contributed by atoms with Gasteiger partial charge in [-0.05, 0) is 48.5 Å². The number of fused-ring (bicyclic) bond motifs is 2. The van der Waals surface area contributed by atoms with Crippen LogP contribution in [0.2, 0.25) is 0 Å². The lowest BCUT2D eigenvalue weighted by molar-refractivity contribution is 0.0990. The van der Waals surface area contributed by atoms with E-state index in [1.54, 1.807) is 6.07 Å². The van der Waals surface area contributed by atoms with Crippen molar-refractivity contribution in [1.82, 2.24) is 14.3 Å². The van der Waals surface area contributed by atoms with Gasteiger partial charge in [0.25, 0.3) is 5.91 Å². The molecule has 0 saturated heterocycles. The molecule has 1 amide bonds. The van der Waals surface area contributed by atoms with Crippen LogP contribution in [-0.2, 0) is 16.4 Å². The number of amides is 1. The van der Waals surface area contributed by atoms with E-state index in [4.69, 9.17) is 12.2 Å². The number of imidazole rings is 1. The molecule has 3 aromatic rings. The van der Waals surface area contributed by atoms with E-state index in [0.717, 1.165) is 15.9 Å². The fourth-order valence-corrected chi connectivity index (χ4v) is 4.50. The zero-order valence-electron chi connectivity index (χ0n) is 15.1. The van der Waals surface area contributed by atoms with Crippen molar-refractivity contribution in [2.24, 2.45) is 0 Å². The maximum absolute atomic E-state index is 14.0. The molecule has 7 nitrogen and oxygen atoms in total. The number of anilines is 1. The number of aromatic amines is 2. The monoisotopic (exact) mass is 420 g/mol. The van der Waals surface area contributed by atoms with Crippen LogP contribution in [0.4, 0.5) is 10.1 Å². The molecule has 0 spiro atoms. The first-order chi connectivity index (χ1) is 13.2. The number of sulfonamides is 1. The zero-order chi connectivity index (χ0) is 20.2. The van der Waals surface area contributed by atoms with Crippen molar-refractivity contribution in [3.63, 3.8) is 0 Å². The van der Waals surface area contributed by atoms with Crippen molar-refractivity contribution in [3.8, 4) is 0 Å². The minimum Gasteiger partial charge on any atom is -0.331 e. The largest absolute Gasteiger partial charge is 0.331 e. The number of benzene rings is 2. The number of nitrogens with one attached hydrogen (secondary N) is 2.